The van der Waals surface area contributed by atoms with Crippen LogP contribution < -0.4 is 14.2 Å². The predicted octanol–water partition coefficient (Wildman–Crippen LogP) is 3.97. The maximum absolute atomic E-state index is 12.3. The fraction of sp³-hybridized carbons (Fsp3) is 0.500. The molecule has 1 atom stereocenters. The number of hydrogen-bond acceptors (Lipinski definition) is 7. The van der Waals surface area contributed by atoms with Crippen molar-refractivity contribution in [3.8, 4) is 17.2 Å². The van der Waals surface area contributed by atoms with Crippen molar-refractivity contribution in [1.82, 2.24) is 14.7 Å². The number of carboxylic acid groups (broad SMARTS) is 1. The number of carbonyl (C=O) groups is 3. The molecule has 10 heteroatoms. The van der Waals surface area contributed by atoms with Gasteiger partial charge in [-0.3, -0.25) is 19.4 Å². The van der Waals surface area contributed by atoms with Crippen LogP contribution in [0.1, 0.15) is 49.4 Å². The quantitative estimate of drug-likeness (QED) is 0.397. The molecular weight excluding hydrogens is 514 g/mol. The van der Waals surface area contributed by atoms with Gasteiger partial charge in [-0.2, -0.15) is 0 Å². The second-order valence-corrected chi connectivity index (χ2v) is 10.7. The fourth-order valence-corrected chi connectivity index (χ4v) is 5.25. The molecule has 40 heavy (non-hydrogen) atoms. The number of carboxylic acids is 1. The second kappa shape index (κ2) is 13.0. The van der Waals surface area contributed by atoms with E-state index < -0.39 is 5.97 Å². The molecule has 1 N–H and O–H groups in total. The van der Waals surface area contributed by atoms with E-state index in [9.17, 15) is 19.5 Å². The predicted molar refractivity (Wildman–Crippen MR) is 149 cm³/mol. The minimum absolute atomic E-state index is 0.0200. The number of nitrogens with zero attached hydrogens (tertiary/aromatic N) is 3. The smallest absolute Gasteiger partial charge is 0.326 e. The Bertz CT molecular complexity index is 1230. The van der Waals surface area contributed by atoms with Gasteiger partial charge in [0.05, 0.1) is 26.7 Å². The SMILES string of the molecule is COc1cc(CN(CC(C)C)C(CC(=O)O)c2ccc3c(c2)CCO3)ccc1OCCN1C(=O)CCN(C)C1=O. The topological polar surface area (TPSA) is 109 Å². The van der Waals surface area contributed by atoms with E-state index >= 15 is 0 Å². The molecule has 4 rings (SSSR count). The Labute approximate surface area is 235 Å². The van der Waals surface area contributed by atoms with Gasteiger partial charge in [0.1, 0.15) is 12.4 Å². The Morgan fingerprint density at radius 1 is 1.12 bits per heavy atom. The van der Waals surface area contributed by atoms with Crippen LogP contribution in [0, 0.1) is 5.92 Å². The first-order valence-electron chi connectivity index (χ1n) is 13.7. The summed E-state index contributed by atoms with van der Waals surface area (Å²) in [6.07, 6.45) is 1.10. The number of benzene rings is 2. The first kappa shape index (κ1) is 29.2. The third kappa shape index (κ3) is 7.04. The third-order valence-corrected chi connectivity index (χ3v) is 7.21. The maximum Gasteiger partial charge on any atom is 0.326 e. The molecule has 216 valence electrons. The van der Waals surface area contributed by atoms with Crippen LogP contribution >= 0.6 is 0 Å². The van der Waals surface area contributed by atoms with Crippen molar-refractivity contribution in [3.05, 3.63) is 53.1 Å². The van der Waals surface area contributed by atoms with Crippen molar-refractivity contribution in [1.29, 1.82) is 0 Å². The molecule has 2 aliphatic heterocycles. The van der Waals surface area contributed by atoms with Gasteiger partial charge in [0.25, 0.3) is 0 Å². The van der Waals surface area contributed by atoms with Gasteiger partial charge in [-0.1, -0.05) is 32.0 Å². The standard InChI is InChI=1S/C30H39N3O7/c1-20(2)18-32(24(17-29(35)36)22-6-8-25-23(16-22)10-13-39-25)19-21-5-7-26(27(15-21)38-4)40-14-12-33-28(34)9-11-31(3)30(33)37/h5-8,15-16,20,24H,9-14,17-19H2,1-4H3,(H,35,36). The number of ether oxygens (including phenoxy) is 3. The van der Waals surface area contributed by atoms with Gasteiger partial charge in [0.2, 0.25) is 5.91 Å². The molecule has 2 aromatic rings. The normalized spacial score (nSPS) is 15.8. The van der Waals surface area contributed by atoms with Crippen LogP contribution in [0.3, 0.4) is 0 Å². The Morgan fingerprint density at radius 2 is 1.93 bits per heavy atom. The Balaban J connectivity index is 1.50. The van der Waals surface area contributed by atoms with E-state index in [1.807, 2.05) is 30.3 Å². The van der Waals surface area contributed by atoms with Crippen LogP contribution in [-0.4, -0.2) is 84.7 Å². The summed E-state index contributed by atoms with van der Waals surface area (Å²) in [5.74, 6) is 1.17. The molecule has 0 saturated carbocycles. The highest BCUT2D eigenvalue weighted by atomic mass is 16.5. The van der Waals surface area contributed by atoms with E-state index in [1.54, 1.807) is 14.2 Å². The summed E-state index contributed by atoms with van der Waals surface area (Å²) < 4.78 is 17.2. The van der Waals surface area contributed by atoms with Crippen molar-refractivity contribution < 1.29 is 33.7 Å². The summed E-state index contributed by atoms with van der Waals surface area (Å²) in [5, 5.41) is 9.79. The van der Waals surface area contributed by atoms with Crippen LogP contribution in [-0.2, 0) is 22.6 Å². The molecule has 0 bridgehead atoms. The molecule has 2 aliphatic rings. The number of amides is 3. The first-order valence-corrected chi connectivity index (χ1v) is 13.7. The number of aliphatic carboxylic acids is 1. The molecule has 2 heterocycles. The molecule has 0 radical (unpaired) electrons. The lowest BCUT2D eigenvalue weighted by molar-refractivity contribution is -0.138. The lowest BCUT2D eigenvalue weighted by atomic mass is 9.97. The van der Waals surface area contributed by atoms with E-state index in [1.165, 1.54) is 9.80 Å². The van der Waals surface area contributed by atoms with Crippen molar-refractivity contribution in [2.75, 3.05) is 47.0 Å². The number of carbonyl (C=O) groups excluding carboxylic acids is 2. The van der Waals surface area contributed by atoms with Crippen LogP contribution in [0.2, 0.25) is 0 Å². The average molecular weight is 554 g/mol. The van der Waals surface area contributed by atoms with E-state index in [-0.39, 0.29) is 37.6 Å². The van der Waals surface area contributed by atoms with Gasteiger partial charge in [-0.05, 0) is 40.8 Å². The lowest BCUT2D eigenvalue weighted by Gasteiger charge is -2.33. The number of rotatable bonds is 13. The number of urea groups is 1. The highest BCUT2D eigenvalue weighted by Crippen LogP contribution is 2.34. The summed E-state index contributed by atoms with van der Waals surface area (Å²) in [4.78, 5) is 41.4. The molecule has 10 nitrogen and oxygen atoms in total. The van der Waals surface area contributed by atoms with Crippen LogP contribution in [0.15, 0.2) is 36.4 Å². The molecule has 1 unspecified atom stereocenters. The van der Waals surface area contributed by atoms with Gasteiger partial charge < -0.3 is 24.2 Å². The Kier molecular flexibility index (Phi) is 9.52. The monoisotopic (exact) mass is 553 g/mol. The lowest BCUT2D eigenvalue weighted by Crippen LogP contribution is -2.51. The molecule has 0 aromatic heterocycles. The molecular formula is C30H39N3O7. The number of fused-ring (bicyclic) bond motifs is 1. The molecule has 1 fully saturated rings. The van der Waals surface area contributed by atoms with Crippen LogP contribution in [0.5, 0.6) is 17.2 Å². The van der Waals surface area contributed by atoms with E-state index in [2.05, 4.69) is 24.8 Å². The second-order valence-electron chi connectivity index (χ2n) is 10.7. The number of methoxy groups -OCH3 is 1. The first-order chi connectivity index (χ1) is 19.2. The Morgan fingerprint density at radius 3 is 2.65 bits per heavy atom. The van der Waals surface area contributed by atoms with Gasteiger partial charge in [0, 0.05) is 45.6 Å². The number of imide groups is 1. The van der Waals surface area contributed by atoms with E-state index in [0.717, 1.165) is 28.9 Å². The maximum atomic E-state index is 12.3. The summed E-state index contributed by atoms with van der Waals surface area (Å²) in [7, 11) is 3.23. The fourth-order valence-electron chi connectivity index (χ4n) is 5.25. The molecule has 1 saturated heterocycles. The summed E-state index contributed by atoms with van der Waals surface area (Å²) in [5.41, 5.74) is 3.03. The summed E-state index contributed by atoms with van der Waals surface area (Å²) >= 11 is 0. The van der Waals surface area contributed by atoms with Gasteiger partial charge in [-0.15, -0.1) is 0 Å². The van der Waals surface area contributed by atoms with Crippen molar-refractivity contribution in [2.24, 2.45) is 5.92 Å². The summed E-state index contributed by atoms with van der Waals surface area (Å²) in [6, 6.07) is 11.0. The zero-order valence-corrected chi connectivity index (χ0v) is 23.7. The van der Waals surface area contributed by atoms with Crippen molar-refractivity contribution in [2.45, 2.75) is 45.7 Å². The Hall–Kier alpha value is -3.79. The highest BCUT2D eigenvalue weighted by Gasteiger charge is 2.30. The minimum Gasteiger partial charge on any atom is -0.493 e. The van der Waals surface area contributed by atoms with E-state index in [4.69, 9.17) is 14.2 Å². The van der Waals surface area contributed by atoms with Crippen LogP contribution in [0.25, 0.3) is 0 Å². The minimum atomic E-state index is -0.853. The molecule has 3 amide bonds. The highest BCUT2D eigenvalue weighted by molar-refractivity contribution is 5.96. The van der Waals surface area contributed by atoms with Crippen molar-refractivity contribution in [3.63, 3.8) is 0 Å². The zero-order valence-electron chi connectivity index (χ0n) is 23.7. The number of hydrogen-bond donors (Lipinski definition) is 1. The zero-order chi connectivity index (χ0) is 28.8. The van der Waals surface area contributed by atoms with Crippen molar-refractivity contribution >= 4 is 17.9 Å². The summed E-state index contributed by atoms with van der Waals surface area (Å²) in [6.45, 7) is 6.83. The molecule has 0 aliphatic carbocycles. The largest absolute Gasteiger partial charge is 0.493 e. The molecule has 2 aromatic carbocycles. The van der Waals surface area contributed by atoms with E-state index in [0.29, 0.717) is 50.1 Å². The van der Waals surface area contributed by atoms with Gasteiger partial charge in [0.15, 0.2) is 11.5 Å². The van der Waals surface area contributed by atoms with Gasteiger partial charge >= 0.3 is 12.0 Å². The average Bonchev–Trinajstić information content (AvgIpc) is 3.39. The van der Waals surface area contributed by atoms with Gasteiger partial charge in [-0.25, -0.2) is 4.79 Å². The van der Waals surface area contributed by atoms with Crippen LogP contribution in [0.4, 0.5) is 4.79 Å². The third-order valence-electron chi connectivity index (χ3n) is 7.21. The molecule has 0 spiro atoms.